The summed E-state index contributed by atoms with van der Waals surface area (Å²) in [6, 6.07) is 11.8. The summed E-state index contributed by atoms with van der Waals surface area (Å²) in [6.45, 7) is 2.47. The van der Waals surface area contributed by atoms with Gasteiger partial charge in [-0.05, 0) is 43.2 Å². The van der Waals surface area contributed by atoms with Gasteiger partial charge in [0.2, 0.25) is 0 Å². The summed E-state index contributed by atoms with van der Waals surface area (Å²) in [4.78, 5) is 29.4. The lowest BCUT2D eigenvalue weighted by Crippen LogP contribution is -2.37. The first-order valence-electron chi connectivity index (χ1n) is 10.8. The van der Waals surface area contributed by atoms with E-state index in [4.69, 9.17) is 5.10 Å². The quantitative estimate of drug-likeness (QED) is 0.559. The molecule has 4 aromatic heterocycles. The topological polar surface area (TPSA) is 82.4 Å². The summed E-state index contributed by atoms with van der Waals surface area (Å²) in [5.41, 5.74) is 4.73. The Morgan fingerprint density at radius 1 is 1.06 bits per heavy atom. The van der Waals surface area contributed by atoms with Crippen LogP contribution >= 0.6 is 0 Å². The van der Waals surface area contributed by atoms with Gasteiger partial charge in [0.1, 0.15) is 11.9 Å². The molecule has 1 amide bonds. The molecule has 1 saturated heterocycles. The highest BCUT2D eigenvalue weighted by molar-refractivity contribution is 5.94. The second kappa shape index (κ2) is 7.23. The molecular formula is C23H23N7O. The van der Waals surface area contributed by atoms with E-state index in [1.807, 2.05) is 45.9 Å². The molecule has 2 aliphatic heterocycles. The number of rotatable bonds is 3. The van der Waals surface area contributed by atoms with Gasteiger partial charge in [-0.1, -0.05) is 6.07 Å². The maximum atomic E-state index is 12.7. The highest BCUT2D eigenvalue weighted by atomic mass is 16.2. The number of H-pyrrole nitrogens is 1. The Bertz CT molecular complexity index is 1200. The molecule has 0 aliphatic carbocycles. The number of nitrogens with one attached hydrogen (secondary N) is 1. The average Bonchev–Trinajstić information content (AvgIpc) is 3.58. The van der Waals surface area contributed by atoms with Gasteiger partial charge in [0.05, 0.1) is 28.8 Å². The number of anilines is 1. The highest BCUT2D eigenvalue weighted by Gasteiger charge is 2.34. The number of nitrogens with zero attached hydrogens (tertiary/aromatic N) is 6. The van der Waals surface area contributed by atoms with E-state index in [0.717, 1.165) is 67.3 Å². The monoisotopic (exact) mass is 413 g/mol. The third-order valence-corrected chi connectivity index (χ3v) is 6.28. The van der Waals surface area contributed by atoms with E-state index in [1.165, 1.54) is 0 Å². The molecule has 6 heterocycles. The van der Waals surface area contributed by atoms with Gasteiger partial charge in [0, 0.05) is 44.1 Å². The van der Waals surface area contributed by atoms with Crippen LogP contribution in [0.15, 0.2) is 55.1 Å². The van der Waals surface area contributed by atoms with Gasteiger partial charge in [-0.2, -0.15) is 5.10 Å². The summed E-state index contributed by atoms with van der Waals surface area (Å²) >= 11 is 0. The van der Waals surface area contributed by atoms with Gasteiger partial charge in [0.25, 0.3) is 5.91 Å². The molecule has 8 heteroatoms. The molecule has 6 rings (SSSR count). The van der Waals surface area contributed by atoms with Crippen molar-refractivity contribution in [1.82, 2.24) is 29.5 Å². The third kappa shape index (κ3) is 3.06. The van der Waals surface area contributed by atoms with Crippen molar-refractivity contribution in [2.45, 2.75) is 25.3 Å². The van der Waals surface area contributed by atoms with Crippen molar-refractivity contribution in [2.24, 2.45) is 0 Å². The summed E-state index contributed by atoms with van der Waals surface area (Å²) < 4.78 is 1.89. The van der Waals surface area contributed by atoms with E-state index in [0.29, 0.717) is 5.56 Å². The van der Waals surface area contributed by atoms with Gasteiger partial charge < -0.3 is 14.8 Å². The SMILES string of the molecule is O=C(c1ccc(N2CCc3[nH]cnc3C2c2cc3ccccn3n2)nc1)N1CCCC1. The van der Waals surface area contributed by atoms with Crippen molar-refractivity contribution in [1.29, 1.82) is 0 Å². The lowest BCUT2D eigenvalue weighted by Gasteiger charge is -2.35. The summed E-state index contributed by atoms with van der Waals surface area (Å²) in [6.07, 6.45) is 8.43. The predicted octanol–water partition coefficient (Wildman–Crippen LogP) is 2.84. The van der Waals surface area contributed by atoms with Crippen LogP contribution in [-0.4, -0.2) is 55.0 Å². The molecule has 8 nitrogen and oxygen atoms in total. The Balaban J connectivity index is 1.37. The van der Waals surface area contributed by atoms with Crippen LogP contribution in [0.4, 0.5) is 5.82 Å². The van der Waals surface area contributed by atoms with E-state index in [9.17, 15) is 4.79 Å². The zero-order chi connectivity index (χ0) is 20.8. The largest absolute Gasteiger partial charge is 0.348 e. The zero-order valence-electron chi connectivity index (χ0n) is 17.1. The standard InChI is InChI=1S/C23H23N7O/c31-23(28-9-3-4-10-28)16-6-7-20(24-14-16)29-12-8-18-21(26-15-25-18)22(29)19-13-17-5-1-2-11-30(17)27-19/h1-2,5-7,11,13-15,22H,3-4,8-10,12H2,(H,25,26). The van der Waals surface area contributed by atoms with E-state index in [2.05, 4.69) is 25.9 Å². The lowest BCUT2D eigenvalue weighted by molar-refractivity contribution is 0.0792. The summed E-state index contributed by atoms with van der Waals surface area (Å²) in [5, 5.41) is 4.82. The first-order chi connectivity index (χ1) is 15.3. The van der Waals surface area contributed by atoms with Crippen molar-refractivity contribution in [2.75, 3.05) is 24.5 Å². The number of likely N-dealkylation sites (tertiary alicyclic amines) is 1. The fourth-order valence-corrected chi connectivity index (χ4v) is 4.70. The Morgan fingerprint density at radius 3 is 2.77 bits per heavy atom. The van der Waals surface area contributed by atoms with Crippen LogP contribution in [0.3, 0.4) is 0 Å². The number of imidazole rings is 1. The van der Waals surface area contributed by atoms with Gasteiger partial charge in [-0.15, -0.1) is 0 Å². The van der Waals surface area contributed by atoms with E-state index < -0.39 is 0 Å². The van der Waals surface area contributed by atoms with Crippen molar-refractivity contribution in [3.63, 3.8) is 0 Å². The maximum absolute atomic E-state index is 12.7. The molecule has 156 valence electrons. The molecule has 1 unspecified atom stereocenters. The zero-order valence-corrected chi connectivity index (χ0v) is 17.1. The molecule has 0 bridgehead atoms. The fraction of sp³-hybridized carbons (Fsp3) is 0.304. The molecule has 0 spiro atoms. The number of fused-ring (bicyclic) bond motifs is 2. The Kier molecular flexibility index (Phi) is 4.22. The minimum atomic E-state index is -0.137. The second-order valence-electron chi connectivity index (χ2n) is 8.16. The van der Waals surface area contributed by atoms with Crippen LogP contribution in [-0.2, 0) is 6.42 Å². The molecule has 0 saturated carbocycles. The third-order valence-electron chi connectivity index (χ3n) is 6.28. The van der Waals surface area contributed by atoms with Gasteiger partial charge in [0.15, 0.2) is 0 Å². The van der Waals surface area contributed by atoms with E-state index in [-0.39, 0.29) is 11.9 Å². The van der Waals surface area contributed by atoms with Crippen molar-refractivity contribution >= 4 is 17.2 Å². The minimum absolute atomic E-state index is 0.0710. The Morgan fingerprint density at radius 2 is 1.97 bits per heavy atom. The number of aromatic nitrogens is 5. The van der Waals surface area contributed by atoms with Crippen LogP contribution in [0.25, 0.3) is 5.52 Å². The number of hydrogen-bond acceptors (Lipinski definition) is 5. The van der Waals surface area contributed by atoms with Crippen LogP contribution in [0, 0.1) is 0 Å². The van der Waals surface area contributed by atoms with Gasteiger partial charge in [-0.25, -0.2) is 14.5 Å². The van der Waals surface area contributed by atoms with Gasteiger partial charge >= 0.3 is 0 Å². The smallest absolute Gasteiger partial charge is 0.255 e. The maximum Gasteiger partial charge on any atom is 0.255 e. The molecule has 0 aromatic carbocycles. The van der Waals surface area contributed by atoms with Crippen LogP contribution in [0.1, 0.15) is 46.3 Å². The Labute approximate surface area is 179 Å². The van der Waals surface area contributed by atoms with Crippen molar-refractivity contribution in [3.05, 3.63) is 77.8 Å². The fourth-order valence-electron chi connectivity index (χ4n) is 4.70. The number of pyridine rings is 2. The normalized spacial score (nSPS) is 18.5. The summed E-state index contributed by atoms with van der Waals surface area (Å²) in [7, 11) is 0. The lowest BCUT2D eigenvalue weighted by atomic mass is 9.99. The predicted molar refractivity (Wildman–Crippen MR) is 116 cm³/mol. The first kappa shape index (κ1) is 18.1. The van der Waals surface area contributed by atoms with E-state index >= 15 is 0 Å². The molecule has 1 atom stereocenters. The number of aromatic amines is 1. The molecule has 2 aliphatic rings. The molecule has 31 heavy (non-hydrogen) atoms. The number of amides is 1. The minimum Gasteiger partial charge on any atom is -0.348 e. The van der Waals surface area contributed by atoms with Crippen LogP contribution < -0.4 is 4.90 Å². The number of carbonyl (C=O) groups is 1. The van der Waals surface area contributed by atoms with E-state index in [1.54, 1.807) is 12.5 Å². The molecule has 0 radical (unpaired) electrons. The van der Waals surface area contributed by atoms with Crippen LogP contribution in [0.2, 0.25) is 0 Å². The van der Waals surface area contributed by atoms with Crippen molar-refractivity contribution < 1.29 is 4.79 Å². The van der Waals surface area contributed by atoms with Crippen LogP contribution in [0.5, 0.6) is 0 Å². The Hall–Kier alpha value is -3.68. The summed E-state index contributed by atoms with van der Waals surface area (Å²) in [5.74, 6) is 0.898. The number of hydrogen-bond donors (Lipinski definition) is 1. The molecular weight excluding hydrogens is 390 g/mol. The molecule has 4 aromatic rings. The molecule has 1 N–H and O–H groups in total. The van der Waals surface area contributed by atoms with Crippen molar-refractivity contribution in [3.8, 4) is 0 Å². The number of carbonyl (C=O) groups excluding carboxylic acids is 1. The highest BCUT2D eigenvalue weighted by Crippen LogP contribution is 2.36. The van der Waals surface area contributed by atoms with Gasteiger partial charge in [-0.3, -0.25) is 4.79 Å². The average molecular weight is 413 g/mol. The second-order valence-corrected chi connectivity index (χ2v) is 8.16. The first-order valence-corrected chi connectivity index (χ1v) is 10.8. The molecule has 1 fully saturated rings.